The minimum Gasteiger partial charge on any atom is -0.477 e. The second kappa shape index (κ2) is 6.79. The van der Waals surface area contributed by atoms with Crippen LogP contribution >= 0.6 is 11.3 Å². The number of halogens is 3. The molecule has 0 spiro atoms. The van der Waals surface area contributed by atoms with E-state index in [0.717, 1.165) is 29.5 Å². The van der Waals surface area contributed by atoms with Gasteiger partial charge in [-0.05, 0) is 35.4 Å². The normalized spacial score (nSPS) is 15.8. The van der Waals surface area contributed by atoms with Crippen molar-refractivity contribution in [1.29, 1.82) is 0 Å². The molecule has 1 aliphatic rings. The first kappa shape index (κ1) is 18.2. The topological polar surface area (TPSA) is 66.4 Å². The number of anilines is 1. The van der Waals surface area contributed by atoms with Gasteiger partial charge in [-0.3, -0.25) is 4.79 Å². The molecule has 1 unspecified atom stereocenters. The van der Waals surface area contributed by atoms with Crippen LogP contribution < -0.4 is 5.32 Å². The molecule has 0 bridgehead atoms. The maximum Gasteiger partial charge on any atom is 0.346 e. The average molecular weight is 403 g/mol. The summed E-state index contributed by atoms with van der Waals surface area (Å²) in [6.07, 6.45) is -0.0711. The van der Waals surface area contributed by atoms with Crippen molar-refractivity contribution in [3.8, 4) is 11.1 Å². The van der Waals surface area contributed by atoms with Gasteiger partial charge in [0.25, 0.3) is 0 Å². The van der Waals surface area contributed by atoms with Gasteiger partial charge in [-0.1, -0.05) is 12.1 Å². The van der Waals surface area contributed by atoms with E-state index >= 15 is 0 Å². The fourth-order valence-corrected chi connectivity index (χ4v) is 4.62. The molecule has 1 amide bonds. The highest BCUT2D eigenvalue weighted by molar-refractivity contribution is 7.15. The third-order valence-electron chi connectivity index (χ3n) is 4.52. The summed E-state index contributed by atoms with van der Waals surface area (Å²) in [5.41, 5.74) is 1.20. The number of carboxylic acid groups (broad SMARTS) is 1. The number of carbonyl (C=O) groups excluding carboxylic acids is 1. The van der Waals surface area contributed by atoms with Gasteiger partial charge in [0, 0.05) is 28.8 Å². The molecular formula is C20H12F3NO3S. The van der Waals surface area contributed by atoms with Crippen LogP contribution in [0.25, 0.3) is 11.1 Å². The van der Waals surface area contributed by atoms with Crippen molar-refractivity contribution >= 4 is 28.9 Å². The highest BCUT2D eigenvalue weighted by Crippen LogP contribution is 2.49. The van der Waals surface area contributed by atoms with E-state index in [0.29, 0.717) is 10.4 Å². The van der Waals surface area contributed by atoms with Crippen molar-refractivity contribution in [2.75, 3.05) is 5.32 Å². The molecule has 0 saturated heterocycles. The summed E-state index contributed by atoms with van der Waals surface area (Å²) in [5, 5.41) is 12.3. The summed E-state index contributed by atoms with van der Waals surface area (Å²) in [6.45, 7) is 0. The monoisotopic (exact) mass is 403 g/mol. The van der Waals surface area contributed by atoms with Gasteiger partial charge in [0.2, 0.25) is 5.91 Å². The highest BCUT2D eigenvalue weighted by Gasteiger charge is 2.34. The number of aromatic carboxylic acids is 1. The fraction of sp³-hybridized carbons (Fsp3) is 0.100. The Labute approximate surface area is 161 Å². The third kappa shape index (κ3) is 3.16. The number of rotatable bonds is 3. The first-order valence-electron chi connectivity index (χ1n) is 8.25. The Bertz CT molecular complexity index is 1090. The number of hydrogen-bond donors (Lipinski definition) is 2. The summed E-state index contributed by atoms with van der Waals surface area (Å²) in [6, 6.07) is 8.21. The van der Waals surface area contributed by atoms with E-state index in [9.17, 15) is 27.9 Å². The summed E-state index contributed by atoms with van der Waals surface area (Å²) < 4.78 is 40.7. The first-order valence-corrected chi connectivity index (χ1v) is 9.07. The second-order valence-corrected chi connectivity index (χ2v) is 7.42. The number of amides is 1. The second-order valence-electron chi connectivity index (χ2n) is 6.37. The van der Waals surface area contributed by atoms with E-state index in [1.54, 1.807) is 0 Å². The van der Waals surface area contributed by atoms with Crippen LogP contribution in [0.15, 0.2) is 42.5 Å². The molecular weight excluding hydrogens is 391 g/mol. The van der Waals surface area contributed by atoms with E-state index in [4.69, 9.17) is 0 Å². The van der Waals surface area contributed by atoms with Crippen LogP contribution in [-0.4, -0.2) is 17.0 Å². The first-order chi connectivity index (χ1) is 13.3. The van der Waals surface area contributed by atoms with Gasteiger partial charge in [-0.15, -0.1) is 11.3 Å². The predicted molar refractivity (Wildman–Crippen MR) is 98.1 cm³/mol. The predicted octanol–water partition coefficient (Wildman–Crippen LogP) is 5.00. The number of benzene rings is 2. The zero-order valence-corrected chi connectivity index (χ0v) is 14.9. The van der Waals surface area contributed by atoms with Gasteiger partial charge >= 0.3 is 5.97 Å². The van der Waals surface area contributed by atoms with E-state index in [1.807, 2.05) is 0 Å². The number of thiophene rings is 1. The Morgan fingerprint density at radius 2 is 1.68 bits per heavy atom. The van der Waals surface area contributed by atoms with Crippen molar-refractivity contribution in [1.82, 2.24) is 0 Å². The minimum atomic E-state index is -1.21. The molecule has 8 heteroatoms. The lowest BCUT2D eigenvalue weighted by Crippen LogP contribution is -2.22. The molecule has 0 saturated carbocycles. The molecule has 142 valence electrons. The molecule has 2 aromatic carbocycles. The van der Waals surface area contributed by atoms with Crippen LogP contribution in [0.4, 0.5) is 18.9 Å². The molecule has 0 radical (unpaired) electrons. The molecule has 3 aromatic rings. The van der Waals surface area contributed by atoms with E-state index in [1.165, 1.54) is 24.3 Å². The zero-order chi connectivity index (χ0) is 20.0. The van der Waals surface area contributed by atoms with Crippen molar-refractivity contribution in [2.45, 2.75) is 12.3 Å². The average Bonchev–Trinajstić information content (AvgIpc) is 3.00. The molecule has 2 heterocycles. The molecule has 0 fully saturated rings. The Morgan fingerprint density at radius 1 is 1.04 bits per heavy atom. The van der Waals surface area contributed by atoms with E-state index < -0.39 is 35.2 Å². The van der Waals surface area contributed by atoms with Crippen LogP contribution in [0.5, 0.6) is 0 Å². The highest BCUT2D eigenvalue weighted by atomic mass is 32.1. The summed E-state index contributed by atoms with van der Waals surface area (Å²) >= 11 is 0.933. The molecule has 4 nitrogen and oxygen atoms in total. The number of carboxylic acids is 1. The SMILES string of the molecule is O=C1CC(c2cc(F)cc(F)c2)c2sc(C(=O)O)c(-c3ccc(F)cc3)c2N1. The number of hydrogen-bond acceptors (Lipinski definition) is 3. The zero-order valence-electron chi connectivity index (χ0n) is 14.1. The minimum absolute atomic E-state index is 0.0410. The van der Waals surface area contributed by atoms with Gasteiger partial charge in [-0.25, -0.2) is 18.0 Å². The quantitative estimate of drug-likeness (QED) is 0.647. The van der Waals surface area contributed by atoms with Crippen LogP contribution in [0.3, 0.4) is 0 Å². The number of fused-ring (bicyclic) bond motifs is 1. The number of carbonyl (C=O) groups is 2. The van der Waals surface area contributed by atoms with Gasteiger partial charge in [0.05, 0.1) is 5.69 Å². The van der Waals surface area contributed by atoms with Crippen LogP contribution in [0.1, 0.15) is 32.5 Å². The molecule has 1 aromatic heterocycles. The van der Waals surface area contributed by atoms with Gasteiger partial charge in [0.1, 0.15) is 22.3 Å². The summed E-state index contributed by atoms with van der Waals surface area (Å²) in [4.78, 5) is 24.6. The van der Waals surface area contributed by atoms with Gasteiger partial charge < -0.3 is 10.4 Å². The lowest BCUT2D eigenvalue weighted by Gasteiger charge is -2.24. The molecule has 4 rings (SSSR count). The van der Waals surface area contributed by atoms with Crippen LogP contribution in [0.2, 0.25) is 0 Å². The number of nitrogens with one attached hydrogen (secondary N) is 1. The Hall–Kier alpha value is -3.13. The Balaban J connectivity index is 1.94. The fourth-order valence-electron chi connectivity index (χ4n) is 3.37. The van der Waals surface area contributed by atoms with Gasteiger partial charge in [0.15, 0.2) is 0 Å². The molecule has 28 heavy (non-hydrogen) atoms. The van der Waals surface area contributed by atoms with E-state index in [-0.39, 0.29) is 28.1 Å². The van der Waals surface area contributed by atoms with Crippen molar-refractivity contribution in [3.63, 3.8) is 0 Å². The molecule has 1 atom stereocenters. The van der Waals surface area contributed by atoms with E-state index in [2.05, 4.69) is 5.32 Å². The van der Waals surface area contributed by atoms with Gasteiger partial charge in [-0.2, -0.15) is 0 Å². The third-order valence-corrected chi connectivity index (χ3v) is 5.81. The van der Waals surface area contributed by atoms with Crippen molar-refractivity contribution in [2.24, 2.45) is 0 Å². The van der Waals surface area contributed by atoms with Crippen molar-refractivity contribution < 1.29 is 27.9 Å². The molecule has 2 N–H and O–H groups in total. The lowest BCUT2D eigenvalue weighted by atomic mass is 9.88. The molecule has 0 aliphatic carbocycles. The Kier molecular flexibility index (Phi) is 4.43. The van der Waals surface area contributed by atoms with Crippen molar-refractivity contribution in [3.05, 3.63) is 75.2 Å². The maximum absolute atomic E-state index is 13.7. The lowest BCUT2D eigenvalue weighted by molar-refractivity contribution is -0.116. The molecule has 1 aliphatic heterocycles. The smallest absolute Gasteiger partial charge is 0.346 e. The summed E-state index contributed by atoms with van der Waals surface area (Å²) in [5.74, 6) is -4.35. The standard InChI is InChI=1S/C20H12F3NO3S/c21-11-3-1-9(2-4-11)16-17-18(28-19(16)20(26)27)14(8-15(25)24-17)10-5-12(22)7-13(23)6-10/h1-7,14H,8H2,(H,24,25)(H,26,27). The largest absolute Gasteiger partial charge is 0.477 e. The maximum atomic E-state index is 13.7. The Morgan fingerprint density at radius 3 is 2.29 bits per heavy atom. The summed E-state index contributed by atoms with van der Waals surface area (Å²) in [7, 11) is 0. The van der Waals surface area contributed by atoms with Crippen LogP contribution in [-0.2, 0) is 4.79 Å². The van der Waals surface area contributed by atoms with Crippen LogP contribution in [0, 0.1) is 17.5 Å².